The summed E-state index contributed by atoms with van der Waals surface area (Å²) in [6, 6.07) is 4.63. The van der Waals surface area contributed by atoms with E-state index in [-0.39, 0.29) is 17.3 Å². The minimum atomic E-state index is -0.332. The second-order valence-corrected chi connectivity index (χ2v) is 8.13. The number of aliphatic hydroxyl groups excluding tert-OH is 1. The predicted octanol–water partition coefficient (Wildman–Crippen LogP) is 3.11. The maximum atomic E-state index is 9.96. The van der Waals surface area contributed by atoms with E-state index >= 15 is 0 Å². The van der Waals surface area contributed by atoms with Crippen LogP contribution in [0.15, 0.2) is 12.1 Å². The molecule has 4 aliphatic rings. The lowest BCUT2D eigenvalue weighted by Crippen LogP contribution is -2.47. The van der Waals surface area contributed by atoms with E-state index in [1.807, 2.05) is 0 Å². The molecule has 0 amide bonds. The third-order valence-corrected chi connectivity index (χ3v) is 7.17. The molecule has 1 aliphatic heterocycles. The highest BCUT2D eigenvalue weighted by atomic mass is 16.7. The molecule has 23 heavy (non-hydrogen) atoms. The third kappa shape index (κ3) is 1.82. The van der Waals surface area contributed by atoms with Crippen LogP contribution in [0, 0.1) is 5.41 Å². The molecule has 1 N–H and O–H groups in total. The van der Waals surface area contributed by atoms with Crippen LogP contribution >= 0.6 is 0 Å². The lowest BCUT2D eigenvalue weighted by Gasteiger charge is -2.46. The van der Waals surface area contributed by atoms with Crippen molar-refractivity contribution in [1.82, 2.24) is 0 Å². The molecule has 124 valence electrons. The van der Waals surface area contributed by atoms with E-state index in [0.29, 0.717) is 5.92 Å². The number of hydrogen-bond acceptors (Lipinski definition) is 3. The summed E-state index contributed by atoms with van der Waals surface area (Å²) < 4.78 is 12.3. The Hall–Kier alpha value is -0.900. The van der Waals surface area contributed by atoms with Gasteiger partial charge in [0.15, 0.2) is 5.79 Å². The zero-order valence-electron chi connectivity index (χ0n) is 13.9. The lowest BCUT2D eigenvalue weighted by molar-refractivity contribution is -0.222. The second kappa shape index (κ2) is 4.81. The Labute approximate surface area is 138 Å². The normalized spacial score (nSPS) is 37.5. The van der Waals surface area contributed by atoms with E-state index in [9.17, 15) is 5.11 Å². The summed E-state index contributed by atoms with van der Waals surface area (Å²) in [4.78, 5) is 0. The summed E-state index contributed by atoms with van der Waals surface area (Å²) in [5.41, 5.74) is 6.17. The molecule has 3 nitrogen and oxygen atoms in total. The van der Waals surface area contributed by atoms with E-state index in [4.69, 9.17) is 9.47 Å². The van der Waals surface area contributed by atoms with Gasteiger partial charge in [-0.1, -0.05) is 19.1 Å². The minimum Gasteiger partial charge on any atom is -0.393 e. The third-order valence-electron chi connectivity index (χ3n) is 7.17. The number of ether oxygens (including phenoxy) is 2. The van der Waals surface area contributed by atoms with Crippen molar-refractivity contribution in [3.8, 4) is 0 Å². The van der Waals surface area contributed by atoms with Gasteiger partial charge in [-0.15, -0.1) is 0 Å². The summed E-state index contributed by atoms with van der Waals surface area (Å²) in [6.07, 6.45) is 7.14. The SMILES string of the molecule is CC12CCc3c(ccc4c3CC[C@@H](O)C4)C1CCC21OCCO1. The van der Waals surface area contributed by atoms with Crippen LogP contribution in [0.2, 0.25) is 0 Å². The first-order valence-corrected chi connectivity index (χ1v) is 9.22. The maximum absolute atomic E-state index is 9.96. The van der Waals surface area contributed by atoms with Gasteiger partial charge in [0.05, 0.1) is 19.3 Å². The zero-order chi connectivity index (χ0) is 15.7. The highest BCUT2D eigenvalue weighted by Crippen LogP contribution is 2.63. The van der Waals surface area contributed by atoms with Crippen LogP contribution in [0.3, 0.4) is 0 Å². The van der Waals surface area contributed by atoms with Gasteiger partial charge in [0.25, 0.3) is 0 Å². The van der Waals surface area contributed by atoms with Gasteiger partial charge < -0.3 is 14.6 Å². The monoisotopic (exact) mass is 314 g/mol. The fraction of sp³-hybridized carbons (Fsp3) is 0.700. The summed E-state index contributed by atoms with van der Waals surface area (Å²) in [7, 11) is 0. The second-order valence-electron chi connectivity index (χ2n) is 8.13. The summed E-state index contributed by atoms with van der Waals surface area (Å²) in [6.45, 7) is 3.89. The van der Waals surface area contributed by atoms with Crippen molar-refractivity contribution in [3.63, 3.8) is 0 Å². The van der Waals surface area contributed by atoms with Crippen LogP contribution in [0.4, 0.5) is 0 Å². The Bertz CT molecular complexity index is 647. The van der Waals surface area contributed by atoms with Crippen molar-refractivity contribution in [2.24, 2.45) is 5.41 Å². The van der Waals surface area contributed by atoms with Gasteiger partial charge in [0, 0.05) is 11.8 Å². The molecule has 3 atom stereocenters. The van der Waals surface area contributed by atoms with Crippen LogP contribution in [-0.2, 0) is 28.7 Å². The summed E-state index contributed by atoms with van der Waals surface area (Å²) in [5, 5.41) is 9.96. The first-order chi connectivity index (χ1) is 11.1. The number of benzene rings is 1. The van der Waals surface area contributed by atoms with Crippen molar-refractivity contribution in [2.45, 2.75) is 69.7 Å². The molecule has 3 heteroatoms. The van der Waals surface area contributed by atoms with Crippen LogP contribution in [0.5, 0.6) is 0 Å². The average molecular weight is 314 g/mol. The van der Waals surface area contributed by atoms with Gasteiger partial charge in [-0.2, -0.15) is 0 Å². The van der Waals surface area contributed by atoms with Gasteiger partial charge in [0.1, 0.15) is 0 Å². The molecule has 2 fully saturated rings. The Morgan fingerprint density at radius 1 is 1.04 bits per heavy atom. The Morgan fingerprint density at radius 3 is 2.70 bits per heavy atom. The molecule has 0 bridgehead atoms. The molecular formula is C20H26O3. The largest absolute Gasteiger partial charge is 0.393 e. The highest BCUT2D eigenvalue weighted by Gasteiger charge is 2.62. The highest BCUT2D eigenvalue weighted by molar-refractivity contribution is 5.48. The summed E-state index contributed by atoms with van der Waals surface area (Å²) >= 11 is 0. The van der Waals surface area contributed by atoms with Crippen LogP contribution in [-0.4, -0.2) is 30.2 Å². The first-order valence-electron chi connectivity index (χ1n) is 9.22. The Balaban J connectivity index is 1.59. The van der Waals surface area contributed by atoms with Crippen molar-refractivity contribution >= 4 is 0 Å². The summed E-state index contributed by atoms with van der Waals surface area (Å²) in [5.74, 6) is 0.225. The molecule has 0 radical (unpaired) electrons. The number of aliphatic hydroxyl groups is 1. The first kappa shape index (κ1) is 14.4. The molecule has 1 spiro atoms. The van der Waals surface area contributed by atoms with Crippen molar-refractivity contribution in [2.75, 3.05) is 13.2 Å². The predicted molar refractivity (Wildman–Crippen MR) is 87.5 cm³/mol. The van der Waals surface area contributed by atoms with Crippen molar-refractivity contribution < 1.29 is 14.6 Å². The standard InChI is InChI=1S/C20H26O3/c1-19-8-6-16-15-5-3-14(21)12-13(15)2-4-17(16)18(19)7-9-20(19)22-10-11-23-20/h2,4,14,18,21H,3,5-12H2,1H3/t14-,18?,19?/m1/s1. The van der Waals surface area contributed by atoms with Gasteiger partial charge in [-0.3, -0.25) is 0 Å². The van der Waals surface area contributed by atoms with Crippen molar-refractivity contribution in [3.05, 3.63) is 34.4 Å². The Kier molecular flexibility index (Phi) is 3.02. The maximum Gasteiger partial charge on any atom is 0.174 e. The molecule has 0 aromatic heterocycles. The van der Waals surface area contributed by atoms with Gasteiger partial charge in [0.2, 0.25) is 0 Å². The quantitative estimate of drug-likeness (QED) is 0.800. The lowest BCUT2D eigenvalue weighted by atomic mass is 9.63. The molecule has 3 aliphatic carbocycles. The molecule has 1 heterocycles. The molecule has 1 aromatic carbocycles. The van der Waals surface area contributed by atoms with Crippen LogP contribution in [0.25, 0.3) is 0 Å². The Morgan fingerprint density at radius 2 is 1.87 bits per heavy atom. The topological polar surface area (TPSA) is 38.7 Å². The van der Waals surface area contributed by atoms with E-state index in [1.54, 1.807) is 16.7 Å². The molecule has 5 rings (SSSR count). The van der Waals surface area contributed by atoms with E-state index in [0.717, 1.165) is 51.7 Å². The van der Waals surface area contributed by atoms with Crippen LogP contribution < -0.4 is 0 Å². The molecular weight excluding hydrogens is 288 g/mol. The number of rotatable bonds is 0. The van der Waals surface area contributed by atoms with Gasteiger partial charge in [-0.25, -0.2) is 0 Å². The number of fused-ring (bicyclic) bond motifs is 6. The van der Waals surface area contributed by atoms with E-state index < -0.39 is 0 Å². The molecule has 2 unspecified atom stereocenters. The minimum absolute atomic E-state index is 0.110. The molecule has 1 saturated carbocycles. The van der Waals surface area contributed by atoms with Crippen LogP contribution in [0.1, 0.15) is 60.8 Å². The molecule has 1 aromatic rings. The number of hydrogen-bond donors (Lipinski definition) is 1. The fourth-order valence-corrected chi connectivity index (χ4v) is 5.93. The average Bonchev–Trinajstić information content (AvgIpc) is 3.14. The smallest absolute Gasteiger partial charge is 0.174 e. The van der Waals surface area contributed by atoms with Crippen molar-refractivity contribution in [1.29, 1.82) is 0 Å². The van der Waals surface area contributed by atoms with E-state index in [2.05, 4.69) is 19.1 Å². The van der Waals surface area contributed by atoms with Gasteiger partial charge >= 0.3 is 0 Å². The fourth-order valence-electron chi connectivity index (χ4n) is 5.93. The zero-order valence-corrected chi connectivity index (χ0v) is 13.9. The molecule has 1 saturated heterocycles. The van der Waals surface area contributed by atoms with E-state index in [1.165, 1.54) is 12.0 Å². The van der Waals surface area contributed by atoms with Gasteiger partial charge in [-0.05, 0) is 66.7 Å².